The van der Waals surface area contributed by atoms with Crippen LogP contribution in [0.25, 0.3) is 0 Å². The quantitative estimate of drug-likeness (QED) is 0.873. The molecule has 3 unspecified atom stereocenters. The van der Waals surface area contributed by atoms with Crippen molar-refractivity contribution in [2.24, 2.45) is 11.8 Å². The maximum atomic E-state index is 13.5. The second-order valence-electron chi connectivity index (χ2n) is 5.56. The molecule has 0 spiro atoms. The molecule has 1 aromatic carbocycles. The normalized spacial score (nSPS) is 32.3. The zero-order chi connectivity index (χ0) is 13.3. The van der Waals surface area contributed by atoms with Crippen LogP contribution in [-0.4, -0.2) is 12.2 Å². The molecule has 0 radical (unpaired) electrons. The lowest BCUT2D eigenvalue weighted by molar-refractivity contribution is -0.0643. The molecule has 1 N–H and O–H groups in total. The van der Waals surface area contributed by atoms with Crippen molar-refractivity contribution < 1.29 is 14.2 Å². The van der Waals surface area contributed by atoms with Crippen LogP contribution in [-0.2, 0) is 5.60 Å². The Bertz CT molecular complexity index is 433. The van der Waals surface area contributed by atoms with Crippen LogP contribution in [0.15, 0.2) is 18.2 Å². The highest BCUT2D eigenvalue weighted by atomic mass is 19.1. The first-order chi connectivity index (χ1) is 8.47. The molecule has 0 aliphatic heterocycles. The second kappa shape index (κ2) is 4.88. The Morgan fingerprint density at radius 3 is 2.72 bits per heavy atom. The van der Waals surface area contributed by atoms with Crippen LogP contribution in [0.5, 0.6) is 5.75 Å². The monoisotopic (exact) mass is 252 g/mol. The summed E-state index contributed by atoms with van der Waals surface area (Å²) in [6.07, 6.45) is 2.73. The first-order valence-electron chi connectivity index (χ1n) is 6.53. The van der Waals surface area contributed by atoms with Crippen molar-refractivity contribution in [2.75, 3.05) is 7.11 Å². The molecule has 18 heavy (non-hydrogen) atoms. The summed E-state index contributed by atoms with van der Waals surface area (Å²) in [4.78, 5) is 0. The van der Waals surface area contributed by atoms with Gasteiger partial charge in [-0.15, -0.1) is 0 Å². The molecule has 0 aromatic heterocycles. The van der Waals surface area contributed by atoms with Crippen LogP contribution in [0.4, 0.5) is 4.39 Å². The molecular weight excluding hydrogens is 231 g/mol. The third-order valence-electron chi connectivity index (χ3n) is 4.20. The van der Waals surface area contributed by atoms with Gasteiger partial charge in [0.1, 0.15) is 11.6 Å². The molecule has 0 amide bonds. The third-order valence-corrected chi connectivity index (χ3v) is 4.20. The lowest BCUT2D eigenvalue weighted by Gasteiger charge is -2.42. The number of aliphatic hydroxyl groups is 1. The molecule has 1 aromatic rings. The van der Waals surface area contributed by atoms with Crippen molar-refractivity contribution >= 4 is 0 Å². The molecule has 100 valence electrons. The Balaban J connectivity index is 2.47. The lowest BCUT2D eigenvalue weighted by atomic mass is 9.68. The van der Waals surface area contributed by atoms with Gasteiger partial charge in [-0.1, -0.05) is 20.3 Å². The fourth-order valence-electron chi connectivity index (χ4n) is 3.00. The summed E-state index contributed by atoms with van der Waals surface area (Å²) in [7, 11) is 1.55. The van der Waals surface area contributed by atoms with Crippen molar-refractivity contribution in [3.05, 3.63) is 29.6 Å². The fourth-order valence-corrected chi connectivity index (χ4v) is 3.00. The number of hydrogen-bond donors (Lipinski definition) is 1. The minimum Gasteiger partial charge on any atom is -0.496 e. The van der Waals surface area contributed by atoms with Gasteiger partial charge >= 0.3 is 0 Å². The molecule has 1 aliphatic carbocycles. The highest BCUT2D eigenvalue weighted by molar-refractivity contribution is 5.39. The Kier molecular flexibility index (Phi) is 3.62. The highest BCUT2D eigenvalue weighted by Crippen LogP contribution is 2.46. The molecule has 1 fully saturated rings. The lowest BCUT2D eigenvalue weighted by Crippen LogP contribution is -2.39. The smallest absolute Gasteiger partial charge is 0.125 e. The minimum atomic E-state index is -0.981. The first-order valence-corrected chi connectivity index (χ1v) is 6.53. The number of benzene rings is 1. The molecule has 0 bridgehead atoms. The van der Waals surface area contributed by atoms with E-state index in [1.54, 1.807) is 13.2 Å². The Labute approximate surface area is 108 Å². The van der Waals surface area contributed by atoms with Gasteiger partial charge in [0.05, 0.1) is 12.7 Å². The van der Waals surface area contributed by atoms with Gasteiger partial charge in [-0.25, -0.2) is 4.39 Å². The number of halogens is 1. The van der Waals surface area contributed by atoms with E-state index in [1.807, 2.05) is 6.92 Å². The van der Waals surface area contributed by atoms with Gasteiger partial charge in [-0.2, -0.15) is 0 Å². The van der Waals surface area contributed by atoms with E-state index in [1.165, 1.54) is 12.1 Å². The average Bonchev–Trinajstić information content (AvgIpc) is 2.34. The standard InChI is InChI=1S/C15H21FO2/c1-10-4-5-11(2)15(17,9-10)13-8-12(16)6-7-14(13)18-3/h6-8,10-11,17H,4-5,9H2,1-3H3. The predicted octanol–water partition coefficient (Wildman–Crippen LogP) is 3.48. The molecular formula is C15H21FO2. The van der Waals surface area contributed by atoms with Gasteiger partial charge in [0, 0.05) is 5.56 Å². The first kappa shape index (κ1) is 13.3. The number of rotatable bonds is 2. The van der Waals surface area contributed by atoms with E-state index in [9.17, 15) is 9.50 Å². The summed E-state index contributed by atoms with van der Waals surface area (Å²) in [5, 5.41) is 11.0. The molecule has 2 rings (SSSR count). The van der Waals surface area contributed by atoms with E-state index in [0.29, 0.717) is 23.7 Å². The van der Waals surface area contributed by atoms with E-state index in [0.717, 1.165) is 12.8 Å². The van der Waals surface area contributed by atoms with Crippen LogP contribution in [0.1, 0.15) is 38.7 Å². The number of hydrogen-bond acceptors (Lipinski definition) is 2. The van der Waals surface area contributed by atoms with Crippen molar-refractivity contribution in [3.8, 4) is 5.75 Å². The van der Waals surface area contributed by atoms with Gasteiger partial charge in [0.2, 0.25) is 0 Å². The number of methoxy groups -OCH3 is 1. The maximum Gasteiger partial charge on any atom is 0.125 e. The number of ether oxygens (including phenoxy) is 1. The third kappa shape index (κ3) is 2.24. The van der Waals surface area contributed by atoms with E-state index in [2.05, 4.69) is 6.92 Å². The van der Waals surface area contributed by atoms with Crippen LogP contribution >= 0.6 is 0 Å². The minimum absolute atomic E-state index is 0.115. The Morgan fingerprint density at radius 1 is 1.33 bits per heavy atom. The summed E-state index contributed by atoms with van der Waals surface area (Å²) >= 11 is 0. The SMILES string of the molecule is COc1ccc(F)cc1C1(O)CC(C)CCC1C. The van der Waals surface area contributed by atoms with Crippen molar-refractivity contribution in [3.63, 3.8) is 0 Å². The molecule has 1 aliphatic rings. The highest BCUT2D eigenvalue weighted by Gasteiger charge is 2.42. The van der Waals surface area contributed by atoms with E-state index in [4.69, 9.17) is 4.74 Å². The van der Waals surface area contributed by atoms with Crippen LogP contribution < -0.4 is 4.74 Å². The van der Waals surface area contributed by atoms with Crippen molar-refractivity contribution in [2.45, 2.75) is 38.7 Å². The topological polar surface area (TPSA) is 29.5 Å². The van der Waals surface area contributed by atoms with Gasteiger partial charge in [-0.05, 0) is 42.9 Å². The summed E-state index contributed by atoms with van der Waals surface area (Å²) in [5.41, 5.74) is -0.394. The summed E-state index contributed by atoms with van der Waals surface area (Å²) in [6, 6.07) is 4.37. The molecule has 2 nitrogen and oxygen atoms in total. The summed E-state index contributed by atoms with van der Waals surface area (Å²) in [6.45, 7) is 4.15. The van der Waals surface area contributed by atoms with Crippen LogP contribution in [0.2, 0.25) is 0 Å². The zero-order valence-electron chi connectivity index (χ0n) is 11.2. The summed E-state index contributed by atoms with van der Waals surface area (Å²) < 4.78 is 18.7. The molecule has 3 heteroatoms. The average molecular weight is 252 g/mol. The van der Waals surface area contributed by atoms with Gasteiger partial charge in [0.25, 0.3) is 0 Å². The Hall–Kier alpha value is -1.09. The maximum absolute atomic E-state index is 13.5. The van der Waals surface area contributed by atoms with Gasteiger partial charge in [0.15, 0.2) is 0 Å². The van der Waals surface area contributed by atoms with Crippen molar-refractivity contribution in [1.82, 2.24) is 0 Å². The largest absolute Gasteiger partial charge is 0.496 e. The summed E-state index contributed by atoms with van der Waals surface area (Å²) in [5.74, 6) is 0.799. The van der Waals surface area contributed by atoms with Crippen LogP contribution in [0.3, 0.4) is 0 Å². The van der Waals surface area contributed by atoms with Crippen molar-refractivity contribution in [1.29, 1.82) is 0 Å². The predicted molar refractivity (Wildman–Crippen MR) is 69.0 cm³/mol. The molecule has 3 atom stereocenters. The van der Waals surface area contributed by atoms with Crippen LogP contribution in [0, 0.1) is 17.7 Å². The van der Waals surface area contributed by atoms with E-state index >= 15 is 0 Å². The molecule has 0 saturated heterocycles. The second-order valence-corrected chi connectivity index (χ2v) is 5.56. The van der Waals surface area contributed by atoms with E-state index < -0.39 is 5.60 Å². The fraction of sp³-hybridized carbons (Fsp3) is 0.600. The zero-order valence-corrected chi connectivity index (χ0v) is 11.2. The van der Waals surface area contributed by atoms with Gasteiger partial charge < -0.3 is 9.84 Å². The molecule has 0 heterocycles. The Morgan fingerprint density at radius 2 is 2.06 bits per heavy atom. The van der Waals surface area contributed by atoms with Gasteiger partial charge in [-0.3, -0.25) is 0 Å². The van der Waals surface area contributed by atoms with E-state index in [-0.39, 0.29) is 11.7 Å². The molecule has 1 saturated carbocycles.